The zero-order valence-corrected chi connectivity index (χ0v) is 10.5. The van der Waals surface area contributed by atoms with Crippen LogP contribution in [0.4, 0.5) is 5.95 Å². The van der Waals surface area contributed by atoms with Gasteiger partial charge in [0.05, 0.1) is 6.10 Å². The molecule has 0 saturated heterocycles. The van der Waals surface area contributed by atoms with E-state index in [9.17, 15) is 5.11 Å². The van der Waals surface area contributed by atoms with Gasteiger partial charge >= 0.3 is 0 Å². The molecule has 82 valence electrons. The highest BCUT2D eigenvalue weighted by atomic mass is 127. The van der Waals surface area contributed by atoms with Crippen LogP contribution >= 0.6 is 22.6 Å². The fraction of sp³-hybridized carbons (Fsp3) is 0.600. The van der Waals surface area contributed by atoms with Gasteiger partial charge in [-0.05, 0) is 47.8 Å². The summed E-state index contributed by atoms with van der Waals surface area (Å²) in [5, 5.41) is 12.6. The number of anilines is 1. The highest BCUT2D eigenvalue weighted by Gasteiger charge is 2.22. The Morgan fingerprint density at radius 2 is 2.13 bits per heavy atom. The summed E-state index contributed by atoms with van der Waals surface area (Å²) < 4.78 is 1.04. The molecule has 1 aromatic rings. The van der Waals surface area contributed by atoms with E-state index in [2.05, 4.69) is 37.9 Å². The summed E-state index contributed by atoms with van der Waals surface area (Å²) >= 11 is 2.18. The lowest BCUT2D eigenvalue weighted by atomic mass is 10.1. The Balaban J connectivity index is 1.80. The van der Waals surface area contributed by atoms with Gasteiger partial charge in [-0.3, -0.25) is 0 Å². The summed E-state index contributed by atoms with van der Waals surface area (Å²) in [6, 6.07) is 0. The number of nitrogens with zero attached hydrogens (tertiary/aromatic N) is 2. The van der Waals surface area contributed by atoms with Crippen LogP contribution in [-0.2, 0) is 0 Å². The van der Waals surface area contributed by atoms with Crippen LogP contribution in [0.15, 0.2) is 12.4 Å². The minimum absolute atomic E-state index is 0.102. The van der Waals surface area contributed by atoms with Gasteiger partial charge in [0.1, 0.15) is 0 Å². The van der Waals surface area contributed by atoms with E-state index in [0.717, 1.165) is 29.4 Å². The van der Waals surface area contributed by atoms with Gasteiger partial charge in [0.2, 0.25) is 5.95 Å². The molecular formula is C10H14IN3O. The van der Waals surface area contributed by atoms with Gasteiger partial charge in [-0.15, -0.1) is 0 Å². The molecule has 0 amide bonds. The number of aliphatic hydroxyl groups excluding tert-OH is 1. The first-order valence-corrected chi connectivity index (χ1v) is 6.21. The smallest absolute Gasteiger partial charge is 0.222 e. The predicted molar refractivity (Wildman–Crippen MR) is 66.6 cm³/mol. The number of halogens is 1. The molecule has 0 radical (unpaired) electrons. The Kier molecular flexibility index (Phi) is 3.74. The van der Waals surface area contributed by atoms with E-state index in [4.69, 9.17) is 0 Å². The standard InChI is InChI=1S/C10H14IN3O/c11-8-5-13-10(14-6-8)12-4-7-1-2-9(15)3-7/h5-7,9,15H,1-4H2,(H,12,13,14). The van der Waals surface area contributed by atoms with Gasteiger partial charge in [-0.25, -0.2) is 9.97 Å². The molecule has 0 aliphatic heterocycles. The molecule has 1 fully saturated rings. The van der Waals surface area contributed by atoms with Crippen LogP contribution in [0.3, 0.4) is 0 Å². The first kappa shape index (κ1) is 11.1. The average molecular weight is 319 g/mol. The summed E-state index contributed by atoms with van der Waals surface area (Å²) in [6.45, 7) is 0.859. The van der Waals surface area contributed by atoms with E-state index in [-0.39, 0.29) is 6.10 Å². The predicted octanol–water partition coefficient (Wildman–Crippen LogP) is 1.65. The topological polar surface area (TPSA) is 58.0 Å². The zero-order chi connectivity index (χ0) is 10.7. The lowest BCUT2D eigenvalue weighted by Crippen LogP contribution is -2.14. The SMILES string of the molecule is OC1CCC(CNc2ncc(I)cn2)C1. The summed E-state index contributed by atoms with van der Waals surface area (Å²) in [6.07, 6.45) is 6.41. The third kappa shape index (κ3) is 3.27. The Bertz CT molecular complexity index is 317. The molecule has 0 bridgehead atoms. The first-order chi connectivity index (χ1) is 7.24. The normalized spacial score (nSPS) is 25.5. The molecule has 1 aromatic heterocycles. The number of aliphatic hydroxyl groups is 1. The average Bonchev–Trinajstić information content (AvgIpc) is 2.64. The number of hydrogen-bond acceptors (Lipinski definition) is 4. The molecule has 2 N–H and O–H groups in total. The summed E-state index contributed by atoms with van der Waals surface area (Å²) in [4.78, 5) is 8.33. The van der Waals surface area contributed by atoms with Crippen LogP contribution in [0.5, 0.6) is 0 Å². The number of rotatable bonds is 3. The lowest BCUT2D eigenvalue weighted by molar-refractivity contribution is 0.178. The molecule has 0 aromatic carbocycles. The second-order valence-corrected chi connectivity index (χ2v) is 5.18. The van der Waals surface area contributed by atoms with Crippen LogP contribution in [0.2, 0.25) is 0 Å². The maximum absolute atomic E-state index is 9.37. The molecule has 4 nitrogen and oxygen atoms in total. The molecule has 2 unspecified atom stereocenters. The summed E-state index contributed by atoms with van der Waals surface area (Å²) in [5.41, 5.74) is 0. The number of aromatic nitrogens is 2. The van der Waals surface area contributed by atoms with Crippen molar-refractivity contribution in [3.8, 4) is 0 Å². The van der Waals surface area contributed by atoms with Gasteiger partial charge < -0.3 is 10.4 Å². The molecule has 2 atom stereocenters. The quantitative estimate of drug-likeness (QED) is 0.832. The van der Waals surface area contributed by atoms with E-state index in [0.29, 0.717) is 11.9 Å². The van der Waals surface area contributed by atoms with Gasteiger partial charge in [-0.1, -0.05) is 0 Å². The Morgan fingerprint density at radius 1 is 1.40 bits per heavy atom. The van der Waals surface area contributed by atoms with Crippen molar-refractivity contribution in [1.82, 2.24) is 9.97 Å². The maximum atomic E-state index is 9.37. The molecule has 1 aliphatic carbocycles. The second-order valence-electron chi connectivity index (χ2n) is 3.94. The van der Waals surface area contributed by atoms with Crippen LogP contribution in [0.1, 0.15) is 19.3 Å². The van der Waals surface area contributed by atoms with E-state index in [1.807, 2.05) is 0 Å². The van der Waals surface area contributed by atoms with Crippen molar-refractivity contribution < 1.29 is 5.11 Å². The van der Waals surface area contributed by atoms with Crippen molar-refractivity contribution in [2.24, 2.45) is 5.92 Å². The van der Waals surface area contributed by atoms with Crippen molar-refractivity contribution in [1.29, 1.82) is 0 Å². The molecule has 0 spiro atoms. The van der Waals surface area contributed by atoms with Gasteiger partial charge in [0.25, 0.3) is 0 Å². The Morgan fingerprint density at radius 3 is 2.73 bits per heavy atom. The minimum atomic E-state index is -0.102. The first-order valence-electron chi connectivity index (χ1n) is 5.13. The largest absolute Gasteiger partial charge is 0.393 e. The van der Waals surface area contributed by atoms with Crippen molar-refractivity contribution >= 4 is 28.5 Å². The number of hydrogen-bond donors (Lipinski definition) is 2. The monoisotopic (exact) mass is 319 g/mol. The van der Waals surface area contributed by atoms with E-state index in [1.54, 1.807) is 12.4 Å². The molecule has 5 heteroatoms. The molecule has 2 rings (SSSR count). The molecule has 15 heavy (non-hydrogen) atoms. The number of nitrogens with one attached hydrogen (secondary N) is 1. The van der Waals surface area contributed by atoms with Crippen molar-refractivity contribution in [3.05, 3.63) is 16.0 Å². The molecular weight excluding hydrogens is 305 g/mol. The third-order valence-electron chi connectivity index (χ3n) is 2.68. The van der Waals surface area contributed by atoms with Crippen LogP contribution < -0.4 is 5.32 Å². The van der Waals surface area contributed by atoms with Crippen molar-refractivity contribution in [2.45, 2.75) is 25.4 Å². The van der Waals surface area contributed by atoms with Crippen molar-refractivity contribution in [2.75, 3.05) is 11.9 Å². The van der Waals surface area contributed by atoms with Crippen LogP contribution in [0.25, 0.3) is 0 Å². The van der Waals surface area contributed by atoms with Crippen molar-refractivity contribution in [3.63, 3.8) is 0 Å². The van der Waals surface area contributed by atoms with Crippen LogP contribution in [-0.4, -0.2) is 27.7 Å². The fourth-order valence-electron chi connectivity index (χ4n) is 1.87. The molecule has 1 aliphatic rings. The minimum Gasteiger partial charge on any atom is -0.393 e. The Hall–Kier alpha value is -0.430. The highest BCUT2D eigenvalue weighted by molar-refractivity contribution is 14.1. The maximum Gasteiger partial charge on any atom is 0.222 e. The zero-order valence-electron chi connectivity index (χ0n) is 8.36. The third-order valence-corrected chi connectivity index (χ3v) is 3.24. The molecule has 1 heterocycles. The van der Waals surface area contributed by atoms with Gasteiger partial charge in [0, 0.05) is 22.5 Å². The summed E-state index contributed by atoms with van der Waals surface area (Å²) in [7, 11) is 0. The van der Waals surface area contributed by atoms with E-state index in [1.165, 1.54) is 0 Å². The van der Waals surface area contributed by atoms with E-state index >= 15 is 0 Å². The van der Waals surface area contributed by atoms with E-state index < -0.39 is 0 Å². The van der Waals surface area contributed by atoms with Gasteiger partial charge in [0.15, 0.2) is 0 Å². The lowest BCUT2D eigenvalue weighted by Gasteiger charge is -2.10. The fourth-order valence-corrected chi connectivity index (χ4v) is 2.15. The Labute approximate surface area is 103 Å². The van der Waals surface area contributed by atoms with Crippen LogP contribution in [0, 0.1) is 9.49 Å². The molecule has 1 saturated carbocycles. The summed E-state index contributed by atoms with van der Waals surface area (Å²) in [5.74, 6) is 1.24. The van der Waals surface area contributed by atoms with Gasteiger partial charge in [-0.2, -0.15) is 0 Å². The second kappa shape index (κ2) is 5.07. The highest BCUT2D eigenvalue weighted by Crippen LogP contribution is 2.25.